The lowest BCUT2D eigenvalue weighted by molar-refractivity contribution is -0.116. The molecule has 0 spiro atoms. The molecule has 0 bridgehead atoms. The van der Waals surface area contributed by atoms with Crippen LogP contribution in [0.25, 0.3) is 0 Å². The van der Waals surface area contributed by atoms with E-state index in [1.54, 1.807) is 18.3 Å². The zero-order chi connectivity index (χ0) is 10.6. The van der Waals surface area contributed by atoms with Crippen LogP contribution in [0.2, 0.25) is 0 Å². The Balaban J connectivity index is 2.71. The highest BCUT2D eigenvalue weighted by Crippen LogP contribution is 2.26. The van der Waals surface area contributed by atoms with Crippen LogP contribution < -0.4 is 0 Å². The van der Waals surface area contributed by atoms with Gasteiger partial charge >= 0.3 is 0 Å². The number of Topliss-reactive ketones (excluding diaryl/α,β-unsaturated/α-hetero) is 1. The van der Waals surface area contributed by atoms with Crippen molar-refractivity contribution in [1.29, 1.82) is 0 Å². The maximum Gasteiger partial charge on any atom is 0.135 e. The predicted octanol–water partition coefficient (Wildman–Crippen LogP) is 3.18. The van der Waals surface area contributed by atoms with Gasteiger partial charge in [0, 0.05) is 17.7 Å². The first-order chi connectivity index (χ1) is 6.67. The van der Waals surface area contributed by atoms with Crippen LogP contribution in [0.5, 0.6) is 0 Å². The molecule has 0 saturated carbocycles. The van der Waals surface area contributed by atoms with Crippen molar-refractivity contribution in [3.05, 3.63) is 16.1 Å². The normalized spacial score (nSPS) is 10.9. The molecule has 0 amide bonds. The minimum atomic E-state index is 0.186. The number of aromatic nitrogens is 1. The second kappa shape index (κ2) is 5.25. The molecule has 0 N–H and O–H groups in total. The summed E-state index contributed by atoms with van der Waals surface area (Å²) in [5.41, 5.74) is 0.935. The van der Waals surface area contributed by atoms with Crippen molar-refractivity contribution in [2.75, 3.05) is 0 Å². The molecule has 1 rings (SSSR count). The van der Waals surface area contributed by atoms with E-state index >= 15 is 0 Å². The molecule has 0 aromatic carbocycles. The van der Waals surface area contributed by atoms with Gasteiger partial charge in [0.1, 0.15) is 5.78 Å². The molecule has 0 unspecified atom stereocenters. The van der Waals surface area contributed by atoms with Crippen LogP contribution in [-0.4, -0.2) is 10.8 Å². The van der Waals surface area contributed by atoms with Gasteiger partial charge in [0.15, 0.2) is 0 Å². The second-order valence-corrected chi connectivity index (χ2v) is 4.46. The molecule has 0 aliphatic rings. The summed E-state index contributed by atoms with van der Waals surface area (Å²) in [4.78, 5) is 15.4. The molecular formula is C11H17NOS. The van der Waals surface area contributed by atoms with Crippen molar-refractivity contribution in [2.45, 2.75) is 46.0 Å². The van der Waals surface area contributed by atoms with E-state index in [9.17, 15) is 4.79 Å². The Morgan fingerprint density at radius 1 is 1.50 bits per heavy atom. The lowest BCUT2D eigenvalue weighted by Gasteiger charge is -2.06. The van der Waals surface area contributed by atoms with E-state index in [2.05, 4.69) is 18.8 Å². The Bertz CT molecular complexity index is 302. The Kier molecular flexibility index (Phi) is 4.26. The number of ketones is 1. The van der Waals surface area contributed by atoms with Crippen molar-refractivity contribution in [1.82, 2.24) is 4.98 Å². The molecule has 1 aromatic heterocycles. The van der Waals surface area contributed by atoms with E-state index < -0.39 is 0 Å². The van der Waals surface area contributed by atoms with Gasteiger partial charge in [0.2, 0.25) is 0 Å². The summed E-state index contributed by atoms with van der Waals surface area (Å²) in [6.45, 7) is 5.97. The molecule has 0 atom stereocenters. The van der Waals surface area contributed by atoms with Gasteiger partial charge in [-0.15, -0.1) is 11.3 Å². The van der Waals surface area contributed by atoms with E-state index in [1.807, 2.05) is 5.38 Å². The van der Waals surface area contributed by atoms with E-state index in [0.717, 1.165) is 18.5 Å². The minimum Gasteiger partial charge on any atom is -0.300 e. The number of hydrogen-bond donors (Lipinski definition) is 0. The highest BCUT2D eigenvalue weighted by Gasteiger charge is 2.11. The molecule has 0 saturated heterocycles. The first-order valence-corrected chi connectivity index (χ1v) is 5.99. The van der Waals surface area contributed by atoms with E-state index in [-0.39, 0.29) is 5.78 Å². The Morgan fingerprint density at radius 3 is 2.64 bits per heavy atom. The smallest absolute Gasteiger partial charge is 0.135 e. The predicted molar refractivity (Wildman–Crippen MR) is 59.8 cm³/mol. The van der Waals surface area contributed by atoms with Gasteiger partial charge in [0.05, 0.1) is 10.7 Å². The van der Waals surface area contributed by atoms with Crippen LogP contribution in [-0.2, 0) is 11.2 Å². The van der Waals surface area contributed by atoms with Gasteiger partial charge in [-0.05, 0) is 19.8 Å². The second-order valence-electron chi connectivity index (χ2n) is 3.57. The summed E-state index contributed by atoms with van der Waals surface area (Å²) in [5.74, 6) is 0.757. The summed E-state index contributed by atoms with van der Waals surface area (Å²) < 4.78 is 0. The maximum atomic E-state index is 10.9. The Labute approximate surface area is 89.4 Å². The van der Waals surface area contributed by atoms with Crippen LogP contribution in [0.4, 0.5) is 0 Å². The fraction of sp³-hybridized carbons (Fsp3) is 0.636. The molecule has 0 aliphatic heterocycles. The Morgan fingerprint density at radius 2 is 2.14 bits per heavy atom. The first kappa shape index (κ1) is 11.4. The molecule has 0 aliphatic carbocycles. The number of thiazole rings is 1. The fourth-order valence-electron chi connectivity index (χ4n) is 1.48. The summed E-state index contributed by atoms with van der Waals surface area (Å²) in [7, 11) is 0. The molecule has 3 heteroatoms. The maximum absolute atomic E-state index is 10.9. The molecule has 0 radical (unpaired) electrons. The molecule has 2 nitrogen and oxygen atoms in total. The standard InChI is InChI=1S/C11H17NOS/c1-4-9(5-2)11-12-10(7-14-11)6-8(3)13/h7,9H,4-6H2,1-3H3. The molecule has 78 valence electrons. The molecule has 1 aromatic rings. The highest BCUT2D eigenvalue weighted by molar-refractivity contribution is 7.09. The molecular weight excluding hydrogens is 194 g/mol. The summed E-state index contributed by atoms with van der Waals surface area (Å²) in [6.07, 6.45) is 2.74. The van der Waals surface area contributed by atoms with Crippen LogP contribution in [0, 0.1) is 0 Å². The average molecular weight is 211 g/mol. The van der Waals surface area contributed by atoms with Gasteiger partial charge in [0.25, 0.3) is 0 Å². The van der Waals surface area contributed by atoms with Gasteiger partial charge in [-0.2, -0.15) is 0 Å². The third kappa shape index (κ3) is 2.91. The topological polar surface area (TPSA) is 30.0 Å². The lowest BCUT2D eigenvalue weighted by atomic mass is 10.1. The van der Waals surface area contributed by atoms with Crippen LogP contribution >= 0.6 is 11.3 Å². The number of nitrogens with zero attached hydrogens (tertiary/aromatic N) is 1. The number of carbonyl (C=O) groups is 1. The van der Waals surface area contributed by atoms with Crippen molar-refractivity contribution in [2.24, 2.45) is 0 Å². The molecule has 0 fully saturated rings. The molecule has 14 heavy (non-hydrogen) atoms. The third-order valence-electron chi connectivity index (χ3n) is 2.33. The Hall–Kier alpha value is -0.700. The van der Waals surface area contributed by atoms with Crippen LogP contribution in [0.15, 0.2) is 5.38 Å². The van der Waals surface area contributed by atoms with E-state index in [0.29, 0.717) is 12.3 Å². The monoisotopic (exact) mass is 211 g/mol. The summed E-state index contributed by atoms with van der Waals surface area (Å²) in [5, 5.41) is 3.20. The van der Waals surface area contributed by atoms with Gasteiger partial charge in [-0.3, -0.25) is 4.79 Å². The fourth-order valence-corrected chi connectivity index (χ4v) is 2.57. The number of hydrogen-bond acceptors (Lipinski definition) is 3. The van der Waals surface area contributed by atoms with Crippen molar-refractivity contribution in [3.63, 3.8) is 0 Å². The minimum absolute atomic E-state index is 0.186. The van der Waals surface area contributed by atoms with Gasteiger partial charge in [-0.1, -0.05) is 13.8 Å². The largest absolute Gasteiger partial charge is 0.300 e. The quantitative estimate of drug-likeness (QED) is 0.748. The van der Waals surface area contributed by atoms with Crippen molar-refractivity contribution < 1.29 is 4.79 Å². The zero-order valence-electron chi connectivity index (χ0n) is 9.04. The van der Waals surface area contributed by atoms with Crippen molar-refractivity contribution >= 4 is 17.1 Å². The summed E-state index contributed by atoms with van der Waals surface area (Å²) >= 11 is 1.69. The number of rotatable bonds is 5. The van der Waals surface area contributed by atoms with Gasteiger partial charge < -0.3 is 0 Å². The molecule has 1 heterocycles. The lowest BCUT2D eigenvalue weighted by Crippen LogP contribution is -1.99. The SMILES string of the molecule is CCC(CC)c1nc(CC(C)=O)cs1. The van der Waals surface area contributed by atoms with Crippen LogP contribution in [0.1, 0.15) is 50.2 Å². The third-order valence-corrected chi connectivity index (χ3v) is 3.39. The summed E-state index contributed by atoms with van der Waals surface area (Å²) in [6, 6.07) is 0. The van der Waals surface area contributed by atoms with Crippen LogP contribution in [0.3, 0.4) is 0 Å². The zero-order valence-corrected chi connectivity index (χ0v) is 9.86. The number of carbonyl (C=O) groups excluding carboxylic acids is 1. The highest BCUT2D eigenvalue weighted by atomic mass is 32.1. The van der Waals surface area contributed by atoms with E-state index in [4.69, 9.17) is 0 Å². The van der Waals surface area contributed by atoms with Gasteiger partial charge in [-0.25, -0.2) is 4.98 Å². The van der Waals surface area contributed by atoms with Crippen molar-refractivity contribution in [3.8, 4) is 0 Å². The van der Waals surface area contributed by atoms with E-state index in [1.165, 1.54) is 5.01 Å². The average Bonchev–Trinajstić information content (AvgIpc) is 2.54. The first-order valence-electron chi connectivity index (χ1n) is 5.11.